The first-order valence-corrected chi connectivity index (χ1v) is 11.2. The van der Waals surface area contributed by atoms with Gasteiger partial charge in [0.15, 0.2) is 11.6 Å². The Morgan fingerprint density at radius 2 is 2.06 bits per heavy atom. The summed E-state index contributed by atoms with van der Waals surface area (Å²) < 4.78 is 45.9. The highest BCUT2D eigenvalue weighted by Crippen LogP contribution is 2.26. The average molecular weight is 462 g/mol. The first-order valence-electron chi connectivity index (χ1n) is 11.2. The van der Waals surface area contributed by atoms with Crippen LogP contribution in [0, 0.1) is 11.6 Å². The van der Waals surface area contributed by atoms with E-state index >= 15 is 0 Å². The van der Waals surface area contributed by atoms with Gasteiger partial charge in [0.05, 0.1) is 13.2 Å². The number of benzene rings is 1. The first kappa shape index (κ1) is 23.4. The molecule has 1 unspecified atom stereocenters. The van der Waals surface area contributed by atoms with E-state index < -0.39 is 17.6 Å². The Balaban J connectivity index is 1.57. The number of esters is 1. The Morgan fingerprint density at radius 3 is 2.82 bits per heavy atom. The number of rotatable bonds is 6. The van der Waals surface area contributed by atoms with E-state index in [9.17, 15) is 18.4 Å². The van der Waals surface area contributed by atoms with Crippen LogP contribution in [-0.4, -0.2) is 55.0 Å². The number of nitrogens with zero attached hydrogens (tertiary/aromatic N) is 2. The highest BCUT2D eigenvalue weighted by Gasteiger charge is 2.27. The van der Waals surface area contributed by atoms with Crippen LogP contribution in [0.4, 0.5) is 8.78 Å². The number of pyridine rings is 1. The average Bonchev–Trinajstić information content (AvgIpc) is 3.04. The zero-order valence-electron chi connectivity index (χ0n) is 18.6. The van der Waals surface area contributed by atoms with Crippen molar-refractivity contribution in [1.29, 1.82) is 0 Å². The normalized spacial score (nSPS) is 18.9. The Hall–Kier alpha value is -2.78. The summed E-state index contributed by atoms with van der Waals surface area (Å²) in [5, 5.41) is 0. The number of ether oxygens (including phenoxy) is 3. The second-order valence-electron chi connectivity index (χ2n) is 8.35. The van der Waals surface area contributed by atoms with Crippen molar-refractivity contribution in [1.82, 2.24) is 9.47 Å². The Bertz CT molecular complexity index is 1070. The summed E-state index contributed by atoms with van der Waals surface area (Å²) in [5.74, 6) is -2.15. The molecule has 2 aliphatic rings. The van der Waals surface area contributed by atoms with Crippen molar-refractivity contribution in [3.8, 4) is 5.75 Å². The van der Waals surface area contributed by atoms with Gasteiger partial charge in [-0.25, -0.2) is 13.6 Å². The second-order valence-corrected chi connectivity index (χ2v) is 8.35. The topological polar surface area (TPSA) is 70.0 Å². The molecular weight excluding hydrogens is 434 g/mol. The van der Waals surface area contributed by atoms with Gasteiger partial charge in [0.2, 0.25) is 0 Å². The molecule has 0 bridgehead atoms. The second kappa shape index (κ2) is 10.4. The van der Waals surface area contributed by atoms with Crippen molar-refractivity contribution in [2.45, 2.75) is 44.9 Å². The molecule has 3 heterocycles. The van der Waals surface area contributed by atoms with Crippen molar-refractivity contribution < 1.29 is 27.8 Å². The molecule has 0 saturated carbocycles. The van der Waals surface area contributed by atoms with Gasteiger partial charge in [-0.1, -0.05) is 12.1 Å². The Kier molecular flexibility index (Phi) is 7.39. The molecule has 0 radical (unpaired) electrons. The van der Waals surface area contributed by atoms with E-state index in [1.54, 1.807) is 6.07 Å². The van der Waals surface area contributed by atoms with Crippen molar-refractivity contribution in [2.24, 2.45) is 0 Å². The molecule has 2 aromatic rings. The number of fused-ring (bicyclic) bond motifs is 1. The molecule has 2 aliphatic heterocycles. The van der Waals surface area contributed by atoms with Gasteiger partial charge in [0, 0.05) is 56.5 Å². The lowest BCUT2D eigenvalue weighted by Crippen LogP contribution is -2.30. The van der Waals surface area contributed by atoms with Crippen molar-refractivity contribution >= 4 is 5.97 Å². The SMILES string of the molecule is COC(=O)c1c(OCC2CCCCO2)cc(=O)n2c1CCN(Cc1cccc(F)c1F)CC2. The van der Waals surface area contributed by atoms with Crippen molar-refractivity contribution in [3.05, 3.63) is 63.1 Å². The van der Waals surface area contributed by atoms with Gasteiger partial charge in [-0.3, -0.25) is 9.69 Å². The summed E-state index contributed by atoms with van der Waals surface area (Å²) in [6.45, 7) is 2.32. The van der Waals surface area contributed by atoms with E-state index in [4.69, 9.17) is 14.2 Å². The lowest BCUT2D eigenvalue weighted by atomic mass is 10.1. The molecule has 1 saturated heterocycles. The monoisotopic (exact) mass is 462 g/mol. The van der Waals surface area contributed by atoms with E-state index in [0.29, 0.717) is 38.4 Å². The third-order valence-corrected chi connectivity index (χ3v) is 6.20. The summed E-state index contributed by atoms with van der Waals surface area (Å²) >= 11 is 0. The molecular formula is C24H28F2N2O5. The van der Waals surface area contributed by atoms with Crippen LogP contribution in [0.15, 0.2) is 29.1 Å². The lowest BCUT2D eigenvalue weighted by Gasteiger charge is -2.24. The van der Waals surface area contributed by atoms with Gasteiger partial charge in [-0.05, 0) is 25.3 Å². The molecule has 0 amide bonds. The third kappa shape index (κ3) is 5.25. The number of carbonyl (C=O) groups is 1. The van der Waals surface area contributed by atoms with E-state index in [1.165, 1.54) is 23.8 Å². The van der Waals surface area contributed by atoms with Gasteiger partial charge >= 0.3 is 5.97 Å². The van der Waals surface area contributed by atoms with Gasteiger partial charge in [-0.2, -0.15) is 0 Å². The largest absolute Gasteiger partial charge is 0.490 e. The first-order chi connectivity index (χ1) is 16.0. The van der Waals surface area contributed by atoms with Gasteiger partial charge in [0.25, 0.3) is 5.56 Å². The molecule has 4 rings (SSSR count). The highest BCUT2D eigenvalue weighted by atomic mass is 19.2. The maximum atomic E-state index is 14.1. The molecule has 33 heavy (non-hydrogen) atoms. The minimum Gasteiger partial charge on any atom is -0.490 e. The zero-order valence-corrected chi connectivity index (χ0v) is 18.6. The fourth-order valence-electron chi connectivity index (χ4n) is 4.42. The van der Waals surface area contributed by atoms with Crippen LogP contribution in [0.1, 0.15) is 40.9 Å². The number of hydrogen-bond acceptors (Lipinski definition) is 6. The standard InChI is InChI=1S/C24H28F2N2O5/c1-31-24(30)22-19-8-9-27(14-16-5-4-7-18(25)23(16)26)10-11-28(19)21(29)13-20(22)33-15-17-6-2-3-12-32-17/h4-5,7,13,17H,2-3,6,8-12,14-15H2,1H3. The molecule has 9 heteroatoms. The predicted molar refractivity (Wildman–Crippen MR) is 116 cm³/mol. The number of methoxy groups -OCH3 is 1. The van der Waals surface area contributed by atoms with Crippen LogP contribution < -0.4 is 10.3 Å². The molecule has 1 fully saturated rings. The number of hydrogen-bond donors (Lipinski definition) is 0. The lowest BCUT2D eigenvalue weighted by molar-refractivity contribution is -0.0114. The summed E-state index contributed by atoms with van der Waals surface area (Å²) in [5.41, 5.74) is 0.719. The fraction of sp³-hybridized carbons (Fsp3) is 0.500. The molecule has 0 N–H and O–H groups in total. The highest BCUT2D eigenvalue weighted by molar-refractivity contribution is 5.93. The van der Waals surface area contributed by atoms with E-state index in [-0.39, 0.29) is 41.7 Å². The number of halogens is 2. The molecule has 1 aromatic heterocycles. The number of carbonyl (C=O) groups excluding carboxylic acids is 1. The van der Waals surface area contributed by atoms with E-state index in [2.05, 4.69) is 0 Å². The molecule has 1 aromatic carbocycles. The van der Waals surface area contributed by atoms with Gasteiger partial charge in [-0.15, -0.1) is 0 Å². The van der Waals surface area contributed by atoms with Gasteiger partial charge in [0.1, 0.15) is 17.9 Å². The zero-order chi connectivity index (χ0) is 23.4. The quantitative estimate of drug-likeness (QED) is 0.615. The van der Waals surface area contributed by atoms with E-state index in [0.717, 1.165) is 25.3 Å². The van der Waals surface area contributed by atoms with Crippen LogP contribution in [-0.2, 0) is 29.0 Å². The number of aromatic nitrogens is 1. The predicted octanol–water partition coefficient (Wildman–Crippen LogP) is 2.92. The van der Waals surface area contributed by atoms with Gasteiger partial charge < -0.3 is 18.8 Å². The Labute approximate surface area is 190 Å². The van der Waals surface area contributed by atoms with Crippen LogP contribution in [0.3, 0.4) is 0 Å². The van der Waals surface area contributed by atoms with Crippen LogP contribution >= 0.6 is 0 Å². The summed E-state index contributed by atoms with van der Waals surface area (Å²) in [4.78, 5) is 27.5. The van der Waals surface area contributed by atoms with Crippen LogP contribution in [0.2, 0.25) is 0 Å². The summed E-state index contributed by atoms with van der Waals surface area (Å²) in [6, 6.07) is 5.42. The summed E-state index contributed by atoms with van der Waals surface area (Å²) in [6.07, 6.45) is 3.20. The van der Waals surface area contributed by atoms with Crippen molar-refractivity contribution in [3.63, 3.8) is 0 Å². The Morgan fingerprint density at radius 1 is 1.21 bits per heavy atom. The van der Waals surface area contributed by atoms with Crippen molar-refractivity contribution in [2.75, 3.05) is 33.4 Å². The van der Waals surface area contributed by atoms with E-state index in [1.807, 2.05) is 4.90 Å². The summed E-state index contributed by atoms with van der Waals surface area (Å²) in [7, 11) is 1.29. The minimum absolute atomic E-state index is 0.0810. The molecule has 7 nitrogen and oxygen atoms in total. The molecule has 1 atom stereocenters. The maximum Gasteiger partial charge on any atom is 0.343 e. The third-order valence-electron chi connectivity index (χ3n) is 6.20. The van der Waals surface area contributed by atoms with Crippen LogP contribution in [0.5, 0.6) is 5.75 Å². The minimum atomic E-state index is -0.890. The smallest absolute Gasteiger partial charge is 0.343 e. The molecule has 0 aliphatic carbocycles. The molecule has 0 spiro atoms. The fourth-order valence-corrected chi connectivity index (χ4v) is 4.42. The van der Waals surface area contributed by atoms with Crippen LogP contribution in [0.25, 0.3) is 0 Å². The molecule has 178 valence electrons. The maximum absolute atomic E-state index is 14.1.